The average Bonchev–Trinajstić information content (AvgIpc) is 2.89. The number of carbonyl (C=O) groups is 2. The molecule has 1 heterocycles. The number of hydrogen-bond acceptors (Lipinski definition) is 4. The van der Waals surface area contributed by atoms with Gasteiger partial charge in [-0.15, -0.1) is 0 Å². The van der Waals surface area contributed by atoms with Crippen molar-refractivity contribution in [2.24, 2.45) is 0 Å². The molecule has 1 aliphatic heterocycles. The Labute approximate surface area is 146 Å². The summed E-state index contributed by atoms with van der Waals surface area (Å²) < 4.78 is 5.55. The predicted molar refractivity (Wildman–Crippen MR) is 92.3 cm³/mol. The lowest BCUT2D eigenvalue weighted by atomic mass is 10.1. The second kappa shape index (κ2) is 7.63. The summed E-state index contributed by atoms with van der Waals surface area (Å²) in [5.41, 5.74) is 1.99. The molecule has 0 saturated carbocycles. The summed E-state index contributed by atoms with van der Waals surface area (Å²) in [4.78, 5) is 25.9. The van der Waals surface area contributed by atoms with Gasteiger partial charge in [0.1, 0.15) is 5.75 Å². The van der Waals surface area contributed by atoms with Gasteiger partial charge < -0.3 is 4.74 Å². The standard InChI is InChI=1S/C20H18N2O3/c21-12-3-4-14-25-16-9-7-15(8-10-16)11-13-22-19(23)17-5-1-2-6-18(17)20(22)24/h1-2,5-10H,3-4,11,13-14H2. The third kappa shape index (κ3) is 3.69. The van der Waals surface area contributed by atoms with Crippen LogP contribution in [0.2, 0.25) is 0 Å². The van der Waals surface area contributed by atoms with Crippen LogP contribution in [-0.4, -0.2) is 29.9 Å². The summed E-state index contributed by atoms with van der Waals surface area (Å²) in [6.07, 6.45) is 1.79. The summed E-state index contributed by atoms with van der Waals surface area (Å²) in [5, 5.41) is 8.49. The number of nitrogens with zero attached hydrogens (tertiary/aromatic N) is 2. The van der Waals surface area contributed by atoms with E-state index < -0.39 is 0 Å². The molecule has 0 spiro atoms. The SMILES string of the molecule is N#CCCCOc1ccc(CCN2C(=O)c3ccccc3C2=O)cc1. The molecular weight excluding hydrogens is 316 g/mol. The van der Waals surface area contributed by atoms with Crippen molar-refractivity contribution in [3.63, 3.8) is 0 Å². The first-order chi connectivity index (χ1) is 12.2. The molecule has 0 N–H and O–H groups in total. The van der Waals surface area contributed by atoms with Crippen molar-refractivity contribution in [3.05, 3.63) is 65.2 Å². The highest BCUT2D eigenvalue weighted by molar-refractivity contribution is 6.21. The number of amides is 2. The second-order valence-electron chi connectivity index (χ2n) is 5.81. The lowest BCUT2D eigenvalue weighted by Gasteiger charge is -2.14. The Morgan fingerprint density at radius 2 is 1.60 bits per heavy atom. The van der Waals surface area contributed by atoms with Crippen LogP contribution in [0.25, 0.3) is 0 Å². The quantitative estimate of drug-likeness (QED) is 0.576. The molecule has 0 atom stereocenters. The molecule has 0 aromatic heterocycles. The summed E-state index contributed by atoms with van der Waals surface area (Å²) in [6.45, 7) is 0.872. The first-order valence-electron chi connectivity index (χ1n) is 8.24. The van der Waals surface area contributed by atoms with E-state index in [0.29, 0.717) is 43.5 Å². The van der Waals surface area contributed by atoms with E-state index in [2.05, 4.69) is 6.07 Å². The van der Waals surface area contributed by atoms with Gasteiger partial charge in [0, 0.05) is 13.0 Å². The van der Waals surface area contributed by atoms with Gasteiger partial charge >= 0.3 is 0 Å². The van der Waals surface area contributed by atoms with Crippen LogP contribution in [0.5, 0.6) is 5.75 Å². The van der Waals surface area contributed by atoms with E-state index in [0.717, 1.165) is 11.3 Å². The lowest BCUT2D eigenvalue weighted by Crippen LogP contribution is -2.31. The lowest BCUT2D eigenvalue weighted by molar-refractivity contribution is 0.0656. The van der Waals surface area contributed by atoms with Crippen molar-refractivity contribution >= 4 is 11.8 Å². The Morgan fingerprint density at radius 1 is 0.960 bits per heavy atom. The van der Waals surface area contributed by atoms with E-state index in [1.54, 1.807) is 24.3 Å². The number of hydrogen-bond donors (Lipinski definition) is 0. The number of fused-ring (bicyclic) bond motifs is 1. The molecule has 0 radical (unpaired) electrons. The highest BCUT2D eigenvalue weighted by atomic mass is 16.5. The van der Waals surface area contributed by atoms with Crippen LogP contribution in [0.1, 0.15) is 39.1 Å². The normalized spacial score (nSPS) is 12.8. The largest absolute Gasteiger partial charge is 0.494 e. The molecule has 3 rings (SSSR count). The monoisotopic (exact) mass is 334 g/mol. The van der Waals surface area contributed by atoms with E-state index >= 15 is 0 Å². The third-order valence-corrected chi connectivity index (χ3v) is 4.13. The molecule has 0 bridgehead atoms. The van der Waals surface area contributed by atoms with Crippen LogP contribution in [-0.2, 0) is 6.42 Å². The molecule has 0 fully saturated rings. The predicted octanol–water partition coefficient (Wildman–Crippen LogP) is 3.21. The first kappa shape index (κ1) is 16.7. The maximum atomic E-state index is 12.3. The van der Waals surface area contributed by atoms with Crippen molar-refractivity contribution in [1.29, 1.82) is 5.26 Å². The first-order valence-corrected chi connectivity index (χ1v) is 8.24. The number of ether oxygens (including phenoxy) is 1. The van der Waals surface area contributed by atoms with Gasteiger partial charge in [-0.05, 0) is 42.7 Å². The Balaban J connectivity index is 1.55. The third-order valence-electron chi connectivity index (χ3n) is 4.13. The van der Waals surface area contributed by atoms with E-state index in [4.69, 9.17) is 10.00 Å². The second-order valence-corrected chi connectivity index (χ2v) is 5.81. The van der Waals surface area contributed by atoms with Crippen LogP contribution in [0, 0.1) is 11.3 Å². The van der Waals surface area contributed by atoms with Gasteiger partial charge in [0.25, 0.3) is 11.8 Å². The molecule has 2 aromatic rings. The van der Waals surface area contributed by atoms with Crippen LogP contribution in [0.15, 0.2) is 48.5 Å². The van der Waals surface area contributed by atoms with Gasteiger partial charge in [-0.25, -0.2) is 0 Å². The molecule has 25 heavy (non-hydrogen) atoms. The molecule has 5 nitrogen and oxygen atoms in total. The number of nitriles is 1. The minimum atomic E-state index is -0.224. The summed E-state index contributed by atoms with van der Waals surface area (Å²) in [7, 11) is 0. The Kier molecular flexibility index (Phi) is 5.10. The zero-order chi connectivity index (χ0) is 17.6. The maximum Gasteiger partial charge on any atom is 0.261 e. The van der Waals surface area contributed by atoms with Crippen molar-refractivity contribution in [3.8, 4) is 11.8 Å². The Morgan fingerprint density at radius 3 is 2.20 bits per heavy atom. The molecule has 5 heteroatoms. The van der Waals surface area contributed by atoms with Crippen LogP contribution in [0.3, 0.4) is 0 Å². The minimum absolute atomic E-state index is 0.224. The number of rotatable bonds is 7. The zero-order valence-electron chi connectivity index (χ0n) is 13.8. The van der Waals surface area contributed by atoms with Crippen LogP contribution < -0.4 is 4.74 Å². The van der Waals surface area contributed by atoms with Gasteiger partial charge in [-0.3, -0.25) is 14.5 Å². The maximum absolute atomic E-state index is 12.3. The van der Waals surface area contributed by atoms with Gasteiger partial charge in [-0.1, -0.05) is 24.3 Å². The minimum Gasteiger partial charge on any atom is -0.494 e. The Hall–Kier alpha value is -3.13. The topological polar surface area (TPSA) is 70.4 Å². The molecular formula is C20H18N2O3. The number of carbonyl (C=O) groups excluding carboxylic acids is 2. The van der Waals surface area contributed by atoms with Crippen molar-refractivity contribution in [1.82, 2.24) is 4.90 Å². The van der Waals surface area contributed by atoms with Crippen molar-refractivity contribution in [2.75, 3.05) is 13.2 Å². The smallest absolute Gasteiger partial charge is 0.261 e. The van der Waals surface area contributed by atoms with Gasteiger partial charge in [0.15, 0.2) is 0 Å². The number of unbranched alkanes of at least 4 members (excludes halogenated alkanes) is 1. The Bertz CT molecular complexity index is 787. The molecule has 0 aliphatic carbocycles. The number of benzene rings is 2. The van der Waals surface area contributed by atoms with Crippen LogP contribution >= 0.6 is 0 Å². The fraction of sp³-hybridized carbons (Fsp3) is 0.250. The molecule has 126 valence electrons. The van der Waals surface area contributed by atoms with E-state index in [-0.39, 0.29) is 11.8 Å². The number of imide groups is 1. The van der Waals surface area contributed by atoms with Crippen LogP contribution in [0.4, 0.5) is 0 Å². The summed E-state index contributed by atoms with van der Waals surface area (Å²) in [5.74, 6) is 0.304. The van der Waals surface area contributed by atoms with E-state index in [1.807, 2.05) is 24.3 Å². The van der Waals surface area contributed by atoms with Crippen molar-refractivity contribution in [2.45, 2.75) is 19.3 Å². The van der Waals surface area contributed by atoms with Gasteiger partial charge in [0.2, 0.25) is 0 Å². The molecule has 2 amide bonds. The molecule has 1 aliphatic rings. The van der Waals surface area contributed by atoms with E-state index in [9.17, 15) is 9.59 Å². The fourth-order valence-electron chi connectivity index (χ4n) is 2.78. The van der Waals surface area contributed by atoms with Gasteiger partial charge in [0.05, 0.1) is 23.8 Å². The fourth-order valence-corrected chi connectivity index (χ4v) is 2.78. The van der Waals surface area contributed by atoms with Crippen molar-refractivity contribution < 1.29 is 14.3 Å². The highest BCUT2D eigenvalue weighted by Gasteiger charge is 2.34. The van der Waals surface area contributed by atoms with Gasteiger partial charge in [-0.2, -0.15) is 5.26 Å². The average molecular weight is 334 g/mol. The molecule has 0 saturated heterocycles. The molecule has 0 unspecified atom stereocenters. The molecule has 2 aromatic carbocycles. The van der Waals surface area contributed by atoms with E-state index in [1.165, 1.54) is 4.90 Å². The zero-order valence-corrected chi connectivity index (χ0v) is 13.8. The summed E-state index contributed by atoms with van der Waals surface area (Å²) in [6, 6.07) is 16.6. The highest BCUT2D eigenvalue weighted by Crippen LogP contribution is 2.23. The summed E-state index contributed by atoms with van der Waals surface area (Å²) >= 11 is 0.